The standard InChI is InChI=1S/C31H32FN7O2S/c1-7-13-36(6)24-12-10-9-11-21(24)27-23(32)16-22-28(38-15-14-37(17-20(38)5)25(40)8-2)35-31(41)39(29(22)34-27)30-26(19(3)4)33-18-42-30/h1,8-12,16,18-20H,2,13-15,17H2,3-6H3/t20-/m0/s1. The monoisotopic (exact) mass is 585 g/mol. The highest BCUT2D eigenvalue weighted by Gasteiger charge is 2.30. The number of halogens is 1. The van der Waals surface area contributed by atoms with Crippen molar-refractivity contribution in [1.29, 1.82) is 0 Å². The van der Waals surface area contributed by atoms with E-state index < -0.39 is 11.5 Å². The molecule has 4 heterocycles. The molecular formula is C31H32FN7O2S. The molecule has 5 rings (SSSR count). The first kappa shape index (κ1) is 29.0. The van der Waals surface area contributed by atoms with Crippen LogP contribution in [0, 0.1) is 18.2 Å². The van der Waals surface area contributed by atoms with Crippen molar-refractivity contribution in [3.8, 4) is 28.6 Å². The number of pyridine rings is 1. The Labute approximate surface area is 248 Å². The zero-order valence-electron chi connectivity index (χ0n) is 24.0. The maximum Gasteiger partial charge on any atom is 0.356 e. The second kappa shape index (κ2) is 11.7. The van der Waals surface area contributed by atoms with E-state index in [1.54, 1.807) is 16.5 Å². The van der Waals surface area contributed by atoms with Crippen LogP contribution in [0.2, 0.25) is 0 Å². The molecule has 42 heavy (non-hydrogen) atoms. The van der Waals surface area contributed by atoms with Gasteiger partial charge in [0, 0.05) is 44.0 Å². The summed E-state index contributed by atoms with van der Waals surface area (Å²) < 4.78 is 17.6. The number of para-hydroxylation sites is 1. The van der Waals surface area contributed by atoms with Gasteiger partial charge in [-0.05, 0) is 31.1 Å². The summed E-state index contributed by atoms with van der Waals surface area (Å²) in [6, 6.07) is 8.52. The van der Waals surface area contributed by atoms with Gasteiger partial charge in [-0.2, -0.15) is 4.98 Å². The number of anilines is 2. The lowest BCUT2D eigenvalue weighted by Crippen LogP contribution is -2.54. The molecule has 0 aliphatic carbocycles. The van der Waals surface area contributed by atoms with E-state index in [-0.39, 0.29) is 29.2 Å². The fourth-order valence-electron chi connectivity index (χ4n) is 5.34. The van der Waals surface area contributed by atoms with Gasteiger partial charge in [-0.3, -0.25) is 4.79 Å². The Hall–Kier alpha value is -4.56. The van der Waals surface area contributed by atoms with Gasteiger partial charge in [0.1, 0.15) is 22.3 Å². The number of carbonyl (C=O) groups is 1. The molecule has 0 saturated carbocycles. The summed E-state index contributed by atoms with van der Waals surface area (Å²) in [5.41, 5.74) is 3.50. The molecule has 9 nitrogen and oxygen atoms in total. The van der Waals surface area contributed by atoms with Crippen LogP contribution in [0.25, 0.3) is 27.3 Å². The topological polar surface area (TPSA) is 87.5 Å². The van der Waals surface area contributed by atoms with Crippen LogP contribution >= 0.6 is 11.3 Å². The van der Waals surface area contributed by atoms with Gasteiger partial charge in [0.05, 0.1) is 23.1 Å². The highest BCUT2D eigenvalue weighted by molar-refractivity contribution is 7.12. The summed E-state index contributed by atoms with van der Waals surface area (Å²) in [6.45, 7) is 11.1. The number of benzene rings is 1. The predicted octanol–water partition coefficient (Wildman–Crippen LogP) is 4.46. The van der Waals surface area contributed by atoms with Crippen LogP contribution in [0.5, 0.6) is 0 Å². The van der Waals surface area contributed by atoms with Crippen LogP contribution < -0.4 is 15.5 Å². The summed E-state index contributed by atoms with van der Waals surface area (Å²) >= 11 is 1.31. The van der Waals surface area contributed by atoms with Gasteiger partial charge in [0.25, 0.3) is 0 Å². The van der Waals surface area contributed by atoms with Crippen molar-refractivity contribution in [1.82, 2.24) is 24.4 Å². The number of aromatic nitrogens is 4. The molecule has 216 valence electrons. The van der Waals surface area contributed by atoms with Crippen LogP contribution in [0.4, 0.5) is 15.9 Å². The Morgan fingerprint density at radius 1 is 1.31 bits per heavy atom. The number of hydrogen-bond donors (Lipinski definition) is 0. The molecule has 3 aromatic heterocycles. The summed E-state index contributed by atoms with van der Waals surface area (Å²) in [6.07, 6.45) is 6.85. The Bertz CT molecular complexity index is 1770. The van der Waals surface area contributed by atoms with E-state index in [1.807, 2.05) is 55.8 Å². The SMILES string of the molecule is C#CCN(C)c1ccccc1-c1nc2c(cc1F)c(N1CCN(C(=O)C=C)C[C@@H]1C)nc(=O)n2-c1scnc1C(C)C. The lowest BCUT2D eigenvalue weighted by Gasteiger charge is -2.40. The number of carbonyl (C=O) groups excluding carboxylic acids is 1. The molecule has 1 fully saturated rings. The molecule has 4 aromatic rings. The van der Waals surface area contributed by atoms with Gasteiger partial charge in [-0.25, -0.2) is 23.7 Å². The quantitative estimate of drug-likeness (QED) is 0.234. The van der Waals surface area contributed by atoms with Crippen molar-refractivity contribution in [3.63, 3.8) is 0 Å². The molecular weight excluding hydrogens is 553 g/mol. The average molecular weight is 586 g/mol. The van der Waals surface area contributed by atoms with Crippen molar-refractivity contribution in [3.05, 3.63) is 70.5 Å². The molecule has 0 bridgehead atoms. The number of piperazine rings is 1. The Morgan fingerprint density at radius 2 is 2.07 bits per heavy atom. The molecule has 1 aromatic carbocycles. The summed E-state index contributed by atoms with van der Waals surface area (Å²) in [7, 11) is 1.83. The number of thiazole rings is 1. The zero-order chi connectivity index (χ0) is 30.1. The van der Waals surface area contributed by atoms with Gasteiger partial charge in [0.15, 0.2) is 5.65 Å². The first-order chi connectivity index (χ1) is 20.2. The van der Waals surface area contributed by atoms with Gasteiger partial charge in [0.2, 0.25) is 5.91 Å². The first-order valence-corrected chi connectivity index (χ1v) is 14.5. The summed E-state index contributed by atoms with van der Waals surface area (Å²) in [4.78, 5) is 45.4. The lowest BCUT2D eigenvalue weighted by atomic mass is 10.1. The number of nitrogens with zero attached hydrogens (tertiary/aromatic N) is 7. The van der Waals surface area contributed by atoms with Crippen molar-refractivity contribution in [2.75, 3.05) is 43.0 Å². The molecule has 1 amide bonds. The van der Waals surface area contributed by atoms with Crippen LogP contribution in [0.1, 0.15) is 32.4 Å². The minimum Gasteiger partial charge on any atom is -0.363 e. The Kier molecular flexibility index (Phi) is 8.09. The summed E-state index contributed by atoms with van der Waals surface area (Å²) in [5, 5.41) is 0.986. The van der Waals surface area contributed by atoms with Crippen LogP contribution in [0.3, 0.4) is 0 Å². The van der Waals surface area contributed by atoms with Crippen molar-refractivity contribution >= 4 is 39.8 Å². The molecule has 1 saturated heterocycles. The minimum absolute atomic E-state index is 0.0291. The van der Waals surface area contributed by atoms with E-state index in [9.17, 15) is 9.59 Å². The van der Waals surface area contributed by atoms with E-state index in [1.165, 1.54) is 28.0 Å². The van der Waals surface area contributed by atoms with Crippen molar-refractivity contribution in [2.45, 2.75) is 32.7 Å². The van der Waals surface area contributed by atoms with E-state index in [0.29, 0.717) is 53.6 Å². The molecule has 1 aliphatic heterocycles. The van der Waals surface area contributed by atoms with E-state index in [4.69, 9.17) is 11.4 Å². The second-order valence-electron chi connectivity index (χ2n) is 10.5. The summed E-state index contributed by atoms with van der Waals surface area (Å²) in [5.74, 6) is 2.26. The number of fused-ring (bicyclic) bond motifs is 1. The Balaban J connectivity index is 1.77. The average Bonchev–Trinajstić information content (AvgIpc) is 3.46. The fourth-order valence-corrected chi connectivity index (χ4v) is 6.28. The highest BCUT2D eigenvalue weighted by atomic mass is 32.1. The highest BCUT2D eigenvalue weighted by Crippen LogP contribution is 2.36. The van der Waals surface area contributed by atoms with E-state index in [0.717, 1.165) is 5.69 Å². The number of rotatable bonds is 7. The predicted molar refractivity (Wildman–Crippen MR) is 166 cm³/mol. The number of amides is 1. The third-order valence-electron chi connectivity index (χ3n) is 7.41. The normalized spacial score (nSPS) is 15.2. The molecule has 0 spiro atoms. The number of hydrogen-bond acceptors (Lipinski definition) is 8. The van der Waals surface area contributed by atoms with E-state index >= 15 is 4.39 Å². The van der Waals surface area contributed by atoms with Gasteiger partial charge < -0.3 is 14.7 Å². The van der Waals surface area contributed by atoms with Crippen molar-refractivity contribution < 1.29 is 9.18 Å². The third kappa shape index (κ3) is 5.14. The number of terminal acetylenes is 1. The molecule has 0 unspecified atom stereocenters. The molecule has 0 N–H and O–H groups in total. The Morgan fingerprint density at radius 3 is 2.76 bits per heavy atom. The van der Waals surface area contributed by atoms with Crippen LogP contribution in [0.15, 0.2) is 53.3 Å². The zero-order valence-corrected chi connectivity index (χ0v) is 24.9. The minimum atomic E-state index is -0.557. The molecule has 1 atom stereocenters. The molecule has 0 radical (unpaired) electrons. The van der Waals surface area contributed by atoms with Crippen LogP contribution in [-0.2, 0) is 4.79 Å². The largest absolute Gasteiger partial charge is 0.363 e. The third-order valence-corrected chi connectivity index (χ3v) is 8.24. The molecule has 1 aliphatic rings. The van der Waals surface area contributed by atoms with Gasteiger partial charge in [-0.1, -0.05) is 44.5 Å². The van der Waals surface area contributed by atoms with E-state index in [2.05, 4.69) is 22.5 Å². The first-order valence-electron chi connectivity index (χ1n) is 13.6. The maximum absolute atomic E-state index is 16.1. The van der Waals surface area contributed by atoms with Crippen LogP contribution in [-0.4, -0.2) is 69.6 Å². The van der Waals surface area contributed by atoms with Crippen molar-refractivity contribution in [2.24, 2.45) is 0 Å². The maximum atomic E-state index is 16.1. The smallest absolute Gasteiger partial charge is 0.356 e. The fraction of sp³-hybridized carbons (Fsp3) is 0.323. The molecule has 11 heteroatoms. The lowest BCUT2D eigenvalue weighted by molar-refractivity contribution is -0.126. The van der Waals surface area contributed by atoms with Gasteiger partial charge in [-0.15, -0.1) is 17.8 Å². The van der Waals surface area contributed by atoms with Gasteiger partial charge >= 0.3 is 5.69 Å². The second-order valence-corrected chi connectivity index (χ2v) is 11.4.